The van der Waals surface area contributed by atoms with Gasteiger partial charge in [0.25, 0.3) is 10.0 Å². The predicted octanol–water partition coefficient (Wildman–Crippen LogP) is 5.28. The van der Waals surface area contributed by atoms with E-state index in [1.54, 1.807) is 24.3 Å². The van der Waals surface area contributed by atoms with Gasteiger partial charge in [-0.15, -0.1) is 0 Å². The first-order valence-corrected chi connectivity index (χ1v) is 10.2. The number of nitrogens with one attached hydrogen (secondary N) is 1. The Hall–Kier alpha value is -3.36. The number of allylic oxidation sites excluding steroid dienone is 1. The second-order valence-electron chi connectivity index (χ2n) is 6.53. The number of nitriles is 1. The topological polar surface area (TPSA) is 70.0 Å². The number of sulfonamides is 1. The molecule has 3 rings (SSSR count). The van der Waals surface area contributed by atoms with Gasteiger partial charge in [0.1, 0.15) is 6.07 Å². The zero-order valence-corrected chi connectivity index (χ0v) is 16.5. The number of hydrogen-bond donors (Lipinski definition) is 1. The fraction of sp³-hybridized carbons (Fsp3) is 0.0870. The van der Waals surface area contributed by atoms with Crippen LogP contribution in [0.25, 0.3) is 17.2 Å². The molecule has 5 heteroatoms. The predicted molar refractivity (Wildman–Crippen MR) is 114 cm³/mol. The maximum atomic E-state index is 12.7. The van der Waals surface area contributed by atoms with Crippen molar-refractivity contribution < 1.29 is 8.42 Å². The highest BCUT2D eigenvalue weighted by Gasteiger charge is 2.18. The second-order valence-corrected chi connectivity index (χ2v) is 8.18. The highest BCUT2D eigenvalue weighted by molar-refractivity contribution is 7.97. The Morgan fingerprint density at radius 1 is 0.929 bits per heavy atom. The van der Waals surface area contributed by atoms with E-state index in [1.165, 1.54) is 6.08 Å². The fourth-order valence-corrected chi connectivity index (χ4v) is 3.89. The van der Waals surface area contributed by atoms with Crippen molar-refractivity contribution in [2.24, 2.45) is 0 Å². The van der Waals surface area contributed by atoms with Crippen LogP contribution in [-0.4, -0.2) is 8.42 Å². The van der Waals surface area contributed by atoms with E-state index in [1.807, 2.05) is 68.4 Å². The third-order valence-corrected chi connectivity index (χ3v) is 5.62. The lowest BCUT2D eigenvalue weighted by Crippen LogP contribution is -2.15. The molecule has 0 heterocycles. The molecule has 0 aliphatic carbocycles. The van der Waals surface area contributed by atoms with Crippen molar-refractivity contribution in [3.63, 3.8) is 0 Å². The Morgan fingerprint density at radius 2 is 1.57 bits per heavy atom. The van der Waals surface area contributed by atoms with E-state index in [2.05, 4.69) is 4.72 Å². The fourth-order valence-electron chi connectivity index (χ4n) is 2.85. The molecule has 0 saturated heterocycles. The lowest BCUT2D eigenvalue weighted by Gasteiger charge is -2.10. The number of benzene rings is 3. The monoisotopic (exact) mass is 388 g/mol. The molecule has 0 amide bonds. The minimum atomic E-state index is -3.97. The van der Waals surface area contributed by atoms with Crippen molar-refractivity contribution >= 4 is 21.8 Å². The first-order chi connectivity index (χ1) is 13.4. The molecule has 0 atom stereocenters. The Balaban J connectivity index is 1.87. The van der Waals surface area contributed by atoms with Crippen LogP contribution in [0.15, 0.2) is 77.7 Å². The van der Waals surface area contributed by atoms with E-state index >= 15 is 0 Å². The Kier molecular flexibility index (Phi) is 5.62. The molecule has 0 aliphatic rings. The van der Waals surface area contributed by atoms with E-state index < -0.39 is 10.0 Å². The first kappa shape index (κ1) is 19.4. The molecule has 140 valence electrons. The third kappa shape index (κ3) is 4.48. The van der Waals surface area contributed by atoms with Crippen molar-refractivity contribution in [1.29, 1.82) is 5.26 Å². The van der Waals surface area contributed by atoms with Crippen LogP contribution >= 0.6 is 0 Å². The van der Waals surface area contributed by atoms with Crippen LogP contribution in [0.2, 0.25) is 0 Å². The molecule has 28 heavy (non-hydrogen) atoms. The Labute approximate surface area is 165 Å². The smallest absolute Gasteiger partial charge is 0.272 e. The summed E-state index contributed by atoms with van der Waals surface area (Å²) in [6.07, 6.45) is 1.38. The maximum absolute atomic E-state index is 12.7. The number of rotatable bonds is 5. The Bertz CT molecular complexity index is 1160. The zero-order chi connectivity index (χ0) is 20.1. The van der Waals surface area contributed by atoms with Gasteiger partial charge in [0, 0.05) is 0 Å². The van der Waals surface area contributed by atoms with Gasteiger partial charge < -0.3 is 0 Å². The molecule has 0 radical (unpaired) electrons. The van der Waals surface area contributed by atoms with Crippen molar-refractivity contribution in [3.05, 3.63) is 94.4 Å². The Morgan fingerprint density at radius 3 is 2.18 bits per heavy atom. The van der Waals surface area contributed by atoms with Crippen LogP contribution in [0.5, 0.6) is 0 Å². The summed E-state index contributed by atoms with van der Waals surface area (Å²) in [7, 11) is -3.97. The van der Waals surface area contributed by atoms with Gasteiger partial charge in [-0.3, -0.25) is 4.72 Å². The quantitative estimate of drug-likeness (QED) is 0.605. The summed E-state index contributed by atoms with van der Waals surface area (Å²) in [5.41, 5.74) is 5.03. The van der Waals surface area contributed by atoms with E-state index in [0.717, 1.165) is 22.3 Å². The number of hydrogen-bond acceptors (Lipinski definition) is 3. The van der Waals surface area contributed by atoms with Crippen LogP contribution in [-0.2, 0) is 10.0 Å². The normalized spacial score (nSPS) is 11.7. The summed E-state index contributed by atoms with van der Waals surface area (Å²) in [5, 5.41) is 9.41. The molecule has 4 nitrogen and oxygen atoms in total. The van der Waals surface area contributed by atoms with E-state index in [4.69, 9.17) is 0 Å². The number of anilines is 1. The number of aryl methyl sites for hydroxylation is 2. The van der Waals surface area contributed by atoms with E-state index in [0.29, 0.717) is 11.3 Å². The van der Waals surface area contributed by atoms with Gasteiger partial charge in [-0.2, -0.15) is 5.26 Å². The van der Waals surface area contributed by atoms with Crippen LogP contribution in [0.4, 0.5) is 5.69 Å². The average Bonchev–Trinajstić information content (AvgIpc) is 2.69. The maximum Gasteiger partial charge on any atom is 0.272 e. The molecule has 0 aromatic heterocycles. The molecular weight excluding hydrogens is 368 g/mol. The minimum Gasteiger partial charge on any atom is -0.279 e. The average molecular weight is 388 g/mol. The summed E-state index contributed by atoms with van der Waals surface area (Å²) in [4.78, 5) is -0.333. The summed E-state index contributed by atoms with van der Waals surface area (Å²) in [6, 6.07) is 24.5. The van der Waals surface area contributed by atoms with Crippen molar-refractivity contribution in [2.45, 2.75) is 13.8 Å². The van der Waals surface area contributed by atoms with E-state index in [-0.39, 0.29) is 4.91 Å². The minimum absolute atomic E-state index is 0.333. The van der Waals surface area contributed by atoms with Gasteiger partial charge in [0.2, 0.25) is 0 Å². The van der Waals surface area contributed by atoms with E-state index in [9.17, 15) is 13.7 Å². The van der Waals surface area contributed by atoms with Gasteiger partial charge in [-0.25, -0.2) is 8.42 Å². The highest BCUT2D eigenvalue weighted by atomic mass is 32.2. The lowest BCUT2D eigenvalue weighted by atomic mass is 10.0. The molecular formula is C23H20N2O2S. The first-order valence-electron chi connectivity index (χ1n) is 8.76. The summed E-state index contributed by atoms with van der Waals surface area (Å²) < 4.78 is 27.8. The van der Waals surface area contributed by atoms with Gasteiger partial charge in [-0.05, 0) is 48.2 Å². The molecule has 0 aliphatic heterocycles. The molecule has 0 fully saturated rings. The molecule has 1 N–H and O–H groups in total. The van der Waals surface area contributed by atoms with Gasteiger partial charge in [-0.1, -0.05) is 72.3 Å². The second kappa shape index (κ2) is 8.12. The summed E-state index contributed by atoms with van der Waals surface area (Å²) in [6.45, 7) is 3.76. The lowest BCUT2D eigenvalue weighted by molar-refractivity contribution is 0.608. The van der Waals surface area contributed by atoms with Gasteiger partial charge in [0.05, 0.1) is 5.69 Å². The van der Waals surface area contributed by atoms with Crippen LogP contribution in [0.3, 0.4) is 0 Å². The molecule has 3 aromatic carbocycles. The molecule has 0 saturated carbocycles. The molecule has 0 bridgehead atoms. The van der Waals surface area contributed by atoms with Crippen LogP contribution in [0, 0.1) is 25.2 Å². The summed E-state index contributed by atoms with van der Waals surface area (Å²) >= 11 is 0. The van der Waals surface area contributed by atoms with Crippen molar-refractivity contribution in [2.75, 3.05) is 4.72 Å². The standard InChI is InChI=1S/C23H20N2O2S/c1-17-8-13-23(18(2)14-17)25-28(26,27)22(16-24)15-19-9-11-21(12-10-19)20-6-4-3-5-7-20/h3-15,25H,1-2H3/b22-15+. The van der Waals surface area contributed by atoms with Crippen LogP contribution < -0.4 is 4.72 Å². The van der Waals surface area contributed by atoms with Crippen molar-refractivity contribution in [1.82, 2.24) is 0 Å². The molecule has 0 spiro atoms. The largest absolute Gasteiger partial charge is 0.279 e. The highest BCUT2D eigenvalue weighted by Crippen LogP contribution is 2.23. The van der Waals surface area contributed by atoms with Crippen LogP contribution in [0.1, 0.15) is 16.7 Å². The summed E-state index contributed by atoms with van der Waals surface area (Å²) in [5.74, 6) is 0. The molecule has 0 unspecified atom stereocenters. The zero-order valence-electron chi connectivity index (χ0n) is 15.7. The number of nitrogens with zero attached hydrogens (tertiary/aromatic N) is 1. The van der Waals surface area contributed by atoms with Gasteiger partial charge >= 0.3 is 0 Å². The van der Waals surface area contributed by atoms with Crippen molar-refractivity contribution in [3.8, 4) is 17.2 Å². The molecule has 3 aromatic rings. The third-order valence-electron chi connectivity index (χ3n) is 4.34. The SMILES string of the molecule is Cc1ccc(NS(=O)(=O)/C(C#N)=C/c2ccc(-c3ccccc3)cc2)c(C)c1. The van der Waals surface area contributed by atoms with Gasteiger partial charge in [0.15, 0.2) is 4.91 Å².